The lowest BCUT2D eigenvalue weighted by molar-refractivity contribution is 0.0372. The average Bonchev–Trinajstić information content (AvgIpc) is 2.46. The fourth-order valence-corrected chi connectivity index (χ4v) is 1.98. The van der Waals surface area contributed by atoms with E-state index >= 15 is 0 Å². The Morgan fingerprint density at radius 3 is 2.55 bits per heavy atom. The Morgan fingerprint density at radius 1 is 1.20 bits per heavy atom. The largest absolute Gasteiger partial charge is 0.383 e. The molecule has 120 valence electrons. The number of nitrogens with zero attached hydrogens (tertiary/aromatic N) is 2. The molecule has 0 spiro atoms. The molecule has 0 aromatic carbocycles. The minimum Gasteiger partial charge on any atom is -0.383 e. The number of nitrogens with one attached hydrogen (secondary N) is 2. The number of methoxy groups -OCH3 is 1. The molecule has 1 saturated heterocycles. The van der Waals surface area contributed by atoms with Crippen LogP contribution in [0.5, 0.6) is 0 Å². The van der Waals surface area contributed by atoms with Crippen LogP contribution >= 0.6 is 24.0 Å². The summed E-state index contributed by atoms with van der Waals surface area (Å²) in [6.07, 6.45) is 2.37. The molecule has 0 amide bonds. The lowest BCUT2D eigenvalue weighted by Crippen LogP contribution is -2.40. The zero-order valence-electron chi connectivity index (χ0n) is 12.7. The molecular formula is C13H29IN4O2. The Hall–Kier alpha value is -0.120. The zero-order chi connectivity index (χ0) is 13.8. The molecular weight excluding hydrogens is 371 g/mol. The first-order valence-corrected chi connectivity index (χ1v) is 7.10. The number of halogens is 1. The summed E-state index contributed by atoms with van der Waals surface area (Å²) in [4.78, 5) is 6.63. The Balaban J connectivity index is 0.00000361. The molecule has 0 aliphatic carbocycles. The number of rotatable bonds is 8. The quantitative estimate of drug-likeness (QED) is 0.270. The highest BCUT2D eigenvalue weighted by molar-refractivity contribution is 14.0. The number of hydrogen-bond acceptors (Lipinski definition) is 4. The fraction of sp³-hybridized carbons (Fsp3) is 0.923. The van der Waals surface area contributed by atoms with E-state index in [0.29, 0.717) is 6.61 Å². The van der Waals surface area contributed by atoms with Crippen LogP contribution in [0.1, 0.15) is 12.8 Å². The van der Waals surface area contributed by atoms with Crippen LogP contribution in [0.4, 0.5) is 0 Å². The molecule has 1 aliphatic rings. The summed E-state index contributed by atoms with van der Waals surface area (Å²) in [5.74, 6) is 0.850. The van der Waals surface area contributed by atoms with Gasteiger partial charge in [0.05, 0.1) is 19.8 Å². The second kappa shape index (κ2) is 13.8. The van der Waals surface area contributed by atoms with E-state index in [1.807, 2.05) is 0 Å². The van der Waals surface area contributed by atoms with Gasteiger partial charge in [-0.25, -0.2) is 0 Å². The van der Waals surface area contributed by atoms with E-state index in [1.165, 1.54) is 13.0 Å². The van der Waals surface area contributed by atoms with Gasteiger partial charge in [-0.3, -0.25) is 9.89 Å². The van der Waals surface area contributed by atoms with Crippen molar-refractivity contribution in [3.8, 4) is 0 Å². The Morgan fingerprint density at radius 2 is 1.90 bits per heavy atom. The van der Waals surface area contributed by atoms with E-state index in [1.54, 1.807) is 14.2 Å². The number of guanidine groups is 1. The molecule has 0 unspecified atom stereocenters. The molecule has 2 N–H and O–H groups in total. The first-order chi connectivity index (χ1) is 9.36. The minimum atomic E-state index is 0. The van der Waals surface area contributed by atoms with Crippen LogP contribution in [-0.2, 0) is 9.47 Å². The lowest BCUT2D eigenvalue weighted by Gasteiger charge is -2.26. The van der Waals surface area contributed by atoms with Gasteiger partial charge in [-0.05, 0) is 19.4 Å². The number of morpholine rings is 1. The van der Waals surface area contributed by atoms with Crippen molar-refractivity contribution in [2.75, 3.05) is 66.7 Å². The smallest absolute Gasteiger partial charge is 0.191 e. The molecule has 7 heteroatoms. The summed E-state index contributed by atoms with van der Waals surface area (Å²) in [7, 11) is 3.49. The third kappa shape index (κ3) is 9.73. The van der Waals surface area contributed by atoms with Gasteiger partial charge in [0.15, 0.2) is 5.96 Å². The Kier molecular flexibility index (Phi) is 13.8. The highest BCUT2D eigenvalue weighted by atomic mass is 127. The van der Waals surface area contributed by atoms with Gasteiger partial charge in [-0.15, -0.1) is 24.0 Å². The predicted molar refractivity (Wildman–Crippen MR) is 93.1 cm³/mol. The van der Waals surface area contributed by atoms with Crippen molar-refractivity contribution < 1.29 is 9.47 Å². The van der Waals surface area contributed by atoms with Gasteiger partial charge in [-0.2, -0.15) is 0 Å². The average molecular weight is 400 g/mol. The summed E-state index contributed by atoms with van der Waals surface area (Å²) >= 11 is 0. The molecule has 1 heterocycles. The number of aliphatic imine (C=N–C) groups is 1. The standard InChI is InChI=1S/C13H28N4O2.HI/c1-14-13(16-6-10-18-2)15-5-3-4-7-17-8-11-19-12-9-17;/h3-12H2,1-2H3,(H2,14,15,16);1H. The topological polar surface area (TPSA) is 58.1 Å². The van der Waals surface area contributed by atoms with Crippen LogP contribution in [0.3, 0.4) is 0 Å². The van der Waals surface area contributed by atoms with E-state index < -0.39 is 0 Å². The summed E-state index contributed by atoms with van der Waals surface area (Å²) in [5.41, 5.74) is 0. The van der Waals surface area contributed by atoms with Crippen LogP contribution in [-0.4, -0.2) is 77.6 Å². The third-order valence-corrected chi connectivity index (χ3v) is 3.12. The Labute approximate surface area is 139 Å². The summed E-state index contributed by atoms with van der Waals surface area (Å²) in [6.45, 7) is 7.52. The van der Waals surface area contributed by atoms with Gasteiger partial charge in [0.25, 0.3) is 0 Å². The molecule has 1 aliphatic heterocycles. The van der Waals surface area contributed by atoms with E-state index in [9.17, 15) is 0 Å². The van der Waals surface area contributed by atoms with Gasteiger partial charge < -0.3 is 20.1 Å². The normalized spacial score (nSPS) is 16.6. The van der Waals surface area contributed by atoms with Crippen LogP contribution in [0.25, 0.3) is 0 Å². The SMILES string of the molecule is CN=C(NCCCCN1CCOCC1)NCCOC.I. The van der Waals surface area contributed by atoms with Crippen LogP contribution in [0, 0.1) is 0 Å². The van der Waals surface area contributed by atoms with Crippen LogP contribution in [0.15, 0.2) is 4.99 Å². The van der Waals surface area contributed by atoms with Crippen molar-refractivity contribution in [2.45, 2.75) is 12.8 Å². The zero-order valence-corrected chi connectivity index (χ0v) is 15.0. The van der Waals surface area contributed by atoms with Crippen molar-refractivity contribution >= 4 is 29.9 Å². The maximum atomic E-state index is 5.33. The van der Waals surface area contributed by atoms with E-state index in [-0.39, 0.29) is 24.0 Å². The van der Waals surface area contributed by atoms with E-state index in [2.05, 4.69) is 20.5 Å². The van der Waals surface area contributed by atoms with Crippen molar-refractivity contribution in [3.05, 3.63) is 0 Å². The second-order valence-corrected chi connectivity index (χ2v) is 4.58. The van der Waals surface area contributed by atoms with E-state index in [0.717, 1.165) is 51.8 Å². The molecule has 20 heavy (non-hydrogen) atoms. The highest BCUT2D eigenvalue weighted by Gasteiger charge is 2.08. The molecule has 0 aromatic heterocycles. The molecule has 1 fully saturated rings. The van der Waals surface area contributed by atoms with Crippen molar-refractivity contribution in [1.82, 2.24) is 15.5 Å². The summed E-state index contributed by atoms with van der Waals surface area (Å²) in [6, 6.07) is 0. The Bertz CT molecular complexity index is 249. The van der Waals surface area contributed by atoms with Gasteiger partial charge in [0.2, 0.25) is 0 Å². The number of unbranched alkanes of at least 4 members (excludes halogenated alkanes) is 1. The second-order valence-electron chi connectivity index (χ2n) is 4.58. The molecule has 1 rings (SSSR count). The lowest BCUT2D eigenvalue weighted by atomic mass is 10.3. The molecule has 0 atom stereocenters. The van der Waals surface area contributed by atoms with Crippen LogP contribution in [0.2, 0.25) is 0 Å². The first-order valence-electron chi connectivity index (χ1n) is 7.10. The van der Waals surface area contributed by atoms with Crippen molar-refractivity contribution in [3.63, 3.8) is 0 Å². The van der Waals surface area contributed by atoms with Gasteiger partial charge in [0.1, 0.15) is 0 Å². The van der Waals surface area contributed by atoms with Crippen molar-refractivity contribution in [1.29, 1.82) is 0 Å². The number of ether oxygens (including phenoxy) is 2. The first kappa shape index (κ1) is 19.9. The highest BCUT2D eigenvalue weighted by Crippen LogP contribution is 1.99. The molecule has 0 bridgehead atoms. The molecule has 0 saturated carbocycles. The molecule has 0 aromatic rings. The fourth-order valence-electron chi connectivity index (χ4n) is 1.98. The molecule has 6 nitrogen and oxygen atoms in total. The van der Waals surface area contributed by atoms with E-state index in [4.69, 9.17) is 9.47 Å². The monoisotopic (exact) mass is 400 g/mol. The van der Waals surface area contributed by atoms with Crippen molar-refractivity contribution in [2.24, 2.45) is 4.99 Å². The van der Waals surface area contributed by atoms with Crippen LogP contribution < -0.4 is 10.6 Å². The predicted octanol–water partition coefficient (Wildman–Crippen LogP) is 0.528. The maximum absolute atomic E-state index is 5.33. The molecule has 0 radical (unpaired) electrons. The maximum Gasteiger partial charge on any atom is 0.191 e. The number of hydrogen-bond donors (Lipinski definition) is 2. The van der Waals surface area contributed by atoms with Gasteiger partial charge in [-0.1, -0.05) is 0 Å². The summed E-state index contributed by atoms with van der Waals surface area (Å²) in [5, 5.41) is 6.50. The minimum absolute atomic E-state index is 0. The summed E-state index contributed by atoms with van der Waals surface area (Å²) < 4.78 is 10.3. The van der Waals surface area contributed by atoms with Gasteiger partial charge in [0, 0.05) is 40.3 Å². The van der Waals surface area contributed by atoms with Gasteiger partial charge >= 0.3 is 0 Å². The third-order valence-electron chi connectivity index (χ3n) is 3.12.